The fourth-order valence-corrected chi connectivity index (χ4v) is 4.02. The average molecular weight is 378 g/mol. The third kappa shape index (κ3) is 4.16. The SMILES string of the molecule is CC(C)CN1C(=O)/C(=C\c2cccs2)SC1=Nc1ccc(F)cc1F. The molecule has 1 aliphatic rings. The van der Waals surface area contributed by atoms with E-state index in [1.807, 2.05) is 37.4 Å². The van der Waals surface area contributed by atoms with Crippen LogP contribution in [0.4, 0.5) is 14.5 Å². The van der Waals surface area contributed by atoms with E-state index in [9.17, 15) is 13.6 Å². The second kappa shape index (κ2) is 7.49. The van der Waals surface area contributed by atoms with Gasteiger partial charge < -0.3 is 0 Å². The van der Waals surface area contributed by atoms with Crippen LogP contribution < -0.4 is 0 Å². The van der Waals surface area contributed by atoms with Gasteiger partial charge in [-0.3, -0.25) is 9.69 Å². The fraction of sp³-hybridized carbons (Fsp3) is 0.222. The van der Waals surface area contributed by atoms with Gasteiger partial charge in [0.1, 0.15) is 11.5 Å². The highest BCUT2D eigenvalue weighted by Crippen LogP contribution is 2.35. The van der Waals surface area contributed by atoms with Crippen LogP contribution in [0.1, 0.15) is 18.7 Å². The number of nitrogens with zero attached hydrogens (tertiary/aromatic N) is 2. The molecule has 0 bridgehead atoms. The molecule has 1 aromatic heterocycles. The molecule has 1 aromatic carbocycles. The van der Waals surface area contributed by atoms with Crippen molar-refractivity contribution < 1.29 is 13.6 Å². The summed E-state index contributed by atoms with van der Waals surface area (Å²) in [6.07, 6.45) is 1.81. The molecule has 0 aliphatic carbocycles. The first-order valence-corrected chi connectivity index (χ1v) is 9.42. The first-order chi connectivity index (χ1) is 11.9. The summed E-state index contributed by atoms with van der Waals surface area (Å²) in [5.41, 5.74) is 0.0165. The molecule has 130 valence electrons. The van der Waals surface area contributed by atoms with E-state index in [1.54, 1.807) is 4.90 Å². The fourth-order valence-electron chi connectivity index (χ4n) is 2.30. The normalized spacial score (nSPS) is 18.1. The van der Waals surface area contributed by atoms with Crippen LogP contribution in [0.25, 0.3) is 6.08 Å². The van der Waals surface area contributed by atoms with Gasteiger partial charge in [0.25, 0.3) is 5.91 Å². The van der Waals surface area contributed by atoms with Gasteiger partial charge in [-0.05, 0) is 47.3 Å². The lowest BCUT2D eigenvalue weighted by molar-refractivity contribution is -0.122. The number of benzene rings is 1. The Morgan fingerprint density at radius 1 is 1.28 bits per heavy atom. The van der Waals surface area contributed by atoms with E-state index >= 15 is 0 Å². The lowest BCUT2D eigenvalue weighted by atomic mass is 10.2. The molecule has 3 rings (SSSR count). The smallest absolute Gasteiger partial charge is 0.266 e. The Labute approximate surface area is 153 Å². The second-order valence-corrected chi connectivity index (χ2v) is 7.91. The van der Waals surface area contributed by atoms with Crippen LogP contribution in [0.5, 0.6) is 0 Å². The van der Waals surface area contributed by atoms with Gasteiger partial charge in [-0.2, -0.15) is 0 Å². The molecule has 1 fully saturated rings. The summed E-state index contributed by atoms with van der Waals surface area (Å²) in [5.74, 6) is -1.32. The molecule has 0 radical (unpaired) electrons. The van der Waals surface area contributed by atoms with Crippen LogP contribution in [-0.4, -0.2) is 22.5 Å². The zero-order valence-electron chi connectivity index (χ0n) is 13.7. The molecule has 7 heteroatoms. The molecule has 2 aromatic rings. The maximum Gasteiger partial charge on any atom is 0.266 e. The number of aliphatic imine (C=N–C) groups is 1. The summed E-state index contributed by atoms with van der Waals surface area (Å²) >= 11 is 2.74. The number of amides is 1. The van der Waals surface area contributed by atoms with Crippen LogP contribution in [-0.2, 0) is 4.79 Å². The highest BCUT2D eigenvalue weighted by atomic mass is 32.2. The monoisotopic (exact) mass is 378 g/mol. The van der Waals surface area contributed by atoms with Crippen molar-refractivity contribution in [1.82, 2.24) is 4.90 Å². The summed E-state index contributed by atoms with van der Waals surface area (Å²) in [4.78, 5) is 20.0. The standard InChI is InChI=1S/C18H16F2N2OS2/c1-11(2)10-22-17(23)16(9-13-4-3-7-24-13)25-18(22)21-15-6-5-12(19)8-14(15)20/h3-9,11H,10H2,1-2H3/b16-9+,21-18?. The van der Waals surface area contributed by atoms with Gasteiger partial charge in [-0.25, -0.2) is 13.8 Å². The lowest BCUT2D eigenvalue weighted by Gasteiger charge is -2.17. The van der Waals surface area contributed by atoms with Crippen molar-refractivity contribution in [1.29, 1.82) is 0 Å². The van der Waals surface area contributed by atoms with Crippen LogP contribution >= 0.6 is 23.1 Å². The van der Waals surface area contributed by atoms with Crippen LogP contribution in [0, 0.1) is 17.6 Å². The van der Waals surface area contributed by atoms with Gasteiger partial charge in [-0.1, -0.05) is 19.9 Å². The Morgan fingerprint density at radius 3 is 2.72 bits per heavy atom. The van der Waals surface area contributed by atoms with Gasteiger partial charge in [0.05, 0.1) is 4.91 Å². The lowest BCUT2D eigenvalue weighted by Crippen LogP contribution is -2.32. The maximum atomic E-state index is 13.9. The number of carbonyl (C=O) groups is 1. The van der Waals surface area contributed by atoms with E-state index in [0.29, 0.717) is 16.6 Å². The van der Waals surface area contributed by atoms with Gasteiger partial charge in [0.2, 0.25) is 0 Å². The molecule has 0 atom stereocenters. The quantitative estimate of drug-likeness (QED) is 0.678. The number of thiophene rings is 1. The Kier molecular flexibility index (Phi) is 5.34. The van der Waals surface area contributed by atoms with Crippen molar-refractivity contribution in [3.8, 4) is 0 Å². The Bertz CT molecular complexity index is 845. The van der Waals surface area contributed by atoms with Crippen molar-refractivity contribution in [2.45, 2.75) is 13.8 Å². The summed E-state index contributed by atoms with van der Waals surface area (Å²) in [7, 11) is 0. The highest BCUT2D eigenvalue weighted by Gasteiger charge is 2.34. The topological polar surface area (TPSA) is 32.7 Å². The zero-order valence-corrected chi connectivity index (χ0v) is 15.3. The van der Waals surface area contributed by atoms with Crippen molar-refractivity contribution in [2.24, 2.45) is 10.9 Å². The van der Waals surface area contributed by atoms with Crippen LogP contribution in [0.3, 0.4) is 0 Å². The molecule has 1 aliphatic heterocycles. The Balaban J connectivity index is 1.97. The number of rotatable bonds is 4. The molecule has 0 spiro atoms. The predicted octanol–water partition coefficient (Wildman–Crippen LogP) is 5.29. The summed E-state index contributed by atoms with van der Waals surface area (Å²) in [5, 5.41) is 2.35. The van der Waals surface area contributed by atoms with E-state index in [4.69, 9.17) is 0 Å². The van der Waals surface area contributed by atoms with E-state index < -0.39 is 11.6 Å². The van der Waals surface area contributed by atoms with E-state index in [1.165, 1.54) is 29.2 Å². The van der Waals surface area contributed by atoms with Crippen LogP contribution in [0.2, 0.25) is 0 Å². The Hall–Kier alpha value is -1.99. The van der Waals surface area contributed by atoms with Crippen molar-refractivity contribution in [3.05, 3.63) is 57.1 Å². The molecule has 2 heterocycles. The number of amidine groups is 1. The van der Waals surface area contributed by atoms with E-state index in [2.05, 4.69) is 4.99 Å². The average Bonchev–Trinajstić information content (AvgIpc) is 3.14. The molecule has 0 N–H and O–H groups in total. The number of hydrogen-bond acceptors (Lipinski definition) is 4. The third-order valence-electron chi connectivity index (χ3n) is 3.38. The first kappa shape index (κ1) is 17.8. The van der Waals surface area contributed by atoms with Gasteiger partial charge in [0, 0.05) is 17.5 Å². The number of halogens is 2. The molecular weight excluding hydrogens is 362 g/mol. The number of carbonyl (C=O) groups excluding carboxylic acids is 1. The highest BCUT2D eigenvalue weighted by molar-refractivity contribution is 8.18. The van der Waals surface area contributed by atoms with Gasteiger partial charge >= 0.3 is 0 Å². The Morgan fingerprint density at radius 2 is 2.08 bits per heavy atom. The first-order valence-electron chi connectivity index (χ1n) is 7.72. The third-order valence-corrected chi connectivity index (χ3v) is 5.20. The molecular formula is C18H16F2N2OS2. The van der Waals surface area contributed by atoms with Crippen molar-refractivity contribution in [2.75, 3.05) is 6.54 Å². The molecule has 1 amide bonds. The summed E-state index contributed by atoms with van der Waals surface area (Å²) in [6.45, 7) is 4.47. The minimum Gasteiger partial charge on any atom is -0.286 e. The van der Waals surface area contributed by atoms with Crippen molar-refractivity contribution in [3.63, 3.8) is 0 Å². The molecule has 1 saturated heterocycles. The molecule has 25 heavy (non-hydrogen) atoms. The molecule has 0 unspecified atom stereocenters. The number of hydrogen-bond donors (Lipinski definition) is 0. The van der Waals surface area contributed by atoms with Gasteiger partial charge in [-0.15, -0.1) is 11.3 Å². The zero-order chi connectivity index (χ0) is 18.0. The summed E-state index contributed by atoms with van der Waals surface area (Å²) in [6, 6.07) is 7.05. The van der Waals surface area contributed by atoms with Crippen LogP contribution in [0.15, 0.2) is 45.6 Å². The minimum atomic E-state index is -0.749. The molecule has 3 nitrogen and oxygen atoms in total. The largest absolute Gasteiger partial charge is 0.286 e. The van der Waals surface area contributed by atoms with E-state index in [-0.39, 0.29) is 17.5 Å². The van der Waals surface area contributed by atoms with E-state index in [0.717, 1.165) is 17.0 Å². The second-order valence-electron chi connectivity index (χ2n) is 5.93. The summed E-state index contributed by atoms with van der Waals surface area (Å²) < 4.78 is 27.0. The molecule has 0 saturated carbocycles. The van der Waals surface area contributed by atoms with Crippen molar-refractivity contribution >= 4 is 45.9 Å². The minimum absolute atomic E-state index is 0.0165. The number of thioether (sulfide) groups is 1. The van der Waals surface area contributed by atoms with Gasteiger partial charge in [0.15, 0.2) is 11.0 Å². The maximum absolute atomic E-state index is 13.9. The predicted molar refractivity (Wildman–Crippen MR) is 99.9 cm³/mol.